The van der Waals surface area contributed by atoms with Crippen molar-refractivity contribution >= 4 is 34.0 Å². The van der Waals surface area contributed by atoms with Crippen molar-refractivity contribution in [1.29, 1.82) is 0 Å². The van der Waals surface area contributed by atoms with Gasteiger partial charge in [-0.3, -0.25) is 9.78 Å². The first-order valence-electron chi connectivity index (χ1n) is 6.70. The molecule has 1 saturated heterocycles. The van der Waals surface area contributed by atoms with E-state index in [0.29, 0.717) is 29.3 Å². The standard InChI is InChI=1S/C14H14N4O3S/c1-21-14(20)9-3-7-22-13(9)18-6-2-10(12(18)19)17-11-8-15-4-5-16-11/h3-5,7-8,10H,2,6H2,1H3,(H,16,17). The van der Waals surface area contributed by atoms with Crippen LogP contribution in [0.3, 0.4) is 0 Å². The smallest absolute Gasteiger partial charge is 0.340 e. The predicted octanol–water partition coefficient (Wildman–Crippen LogP) is 1.54. The minimum atomic E-state index is -0.436. The normalized spacial score (nSPS) is 17.6. The number of nitrogens with one attached hydrogen (secondary N) is 1. The molecule has 0 saturated carbocycles. The van der Waals surface area contributed by atoms with E-state index in [1.54, 1.807) is 34.9 Å². The minimum Gasteiger partial charge on any atom is -0.465 e. The van der Waals surface area contributed by atoms with Gasteiger partial charge < -0.3 is 15.0 Å². The van der Waals surface area contributed by atoms with E-state index >= 15 is 0 Å². The van der Waals surface area contributed by atoms with Gasteiger partial charge in [-0.1, -0.05) is 0 Å². The highest BCUT2D eigenvalue weighted by atomic mass is 32.1. The lowest BCUT2D eigenvalue weighted by Crippen LogP contribution is -2.34. The molecule has 1 aliphatic rings. The van der Waals surface area contributed by atoms with E-state index in [1.165, 1.54) is 18.4 Å². The summed E-state index contributed by atoms with van der Waals surface area (Å²) in [5.74, 6) is 0.0368. The van der Waals surface area contributed by atoms with Gasteiger partial charge in [0.15, 0.2) is 0 Å². The number of aromatic nitrogens is 2. The number of carbonyl (C=O) groups excluding carboxylic acids is 2. The monoisotopic (exact) mass is 318 g/mol. The Hall–Kier alpha value is -2.48. The fraction of sp³-hybridized carbons (Fsp3) is 0.286. The van der Waals surface area contributed by atoms with E-state index < -0.39 is 5.97 Å². The first-order valence-corrected chi connectivity index (χ1v) is 7.58. The minimum absolute atomic E-state index is 0.0849. The number of hydrogen-bond acceptors (Lipinski definition) is 7. The molecular formula is C14H14N4O3S. The van der Waals surface area contributed by atoms with Crippen molar-refractivity contribution in [2.24, 2.45) is 0 Å². The fourth-order valence-corrected chi connectivity index (χ4v) is 3.26. The largest absolute Gasteiger partial charge is 0.465 e. The van der Waals surface area contributed by atoms with Gasteiger partial charge in [0, 0.05) is 18.9 Å². The van der Waals surface area contributed by atoms with Gasteiger partial charge in [-0.05, 0) is 17.9 Å². The molecule has 114 valence electrons. The highest BCUT2D eigenvalue weighted by Gasteiger charge is 2.35. The number of ether oxygens (including phenoxy) is 1. The molecule has 0 spiro atoms. The lowest BCUT2D eigenvalue weighted by molar-refractivity contribution is -0.117. The molecular weight excluding hydrogens is 304 g/mol. The summed E-state index contributed by atoms with van der Waals surface area (Å²) in [6.07, 6.45) is 5.34. The zero-order chi connectivity index (χ0) is 15.5. The number of esters is 1. The van der Waals surface area contributed by atoms with E-state index in [2.05, 4.69) is 15.3 Å². The summed E-state index contributed by atoms with van der Waals surface area (Å²) in [6, 6.07) is 1.30. The first kappa shape index (κ1) is 14.5. The van der Waals surface area contributed by atoms with Crippen LogP contribution in [0.2, 0.25) is 0 Å². The van der Waals surface area contributed by atoms with Gasteiger partial charge in [-0.25, -0.2) is 9.78 Å². The maximum atomic E-state index is 12.5. The van der Waals surface area contributed by atoms with Crippen molar-refractivity contribution in [1.82, 2.24) is 9.97 Å². The van der Waals surface area contributed by atoms with Gasteiger partial charge in [0.2, 0.25) is 5.91 Å². The van der Waals surface area contributed by atoms with E-state index in [9.17, 15) is 9.59 Å². The zero-order valence-electron chi connectivity index (χ0n) is 11.9. The Bertz CT molecular complexity index is 688. The number of amides is 1. The summed E-state index contributed by atoms with van der Waals surface area (Å²) in [4.78, 5) is 34.0. The lowest BCUT2D eigenvalue weighted by Gasteiger charge is -2.16. The molecule has 1 N–H and O–H groups in total. The molecule has 0 radical (unpaired) electrons. The number of carbonyl (C=O) groups is 2. The molecule has 0 aromatic carbocycles. The van der Waals surface area contributed by atoms with Crippen LogP contribution in [-0.4, -0.2) is 41.5 Å². The Morgan fingerprint density at radius 3 is 3.09 bits per heavy atom. The van der Waals surface area contributed by atoms with Crippen LogP contribution in [0, 0.1) is 0 Å². The molecule has 1 fully saturated rings. The number of hydrogen-bond donors (Lipinski definition) is 1. The van der Waals surface area contributed by atoms with E-state index in [0.717, 1.165) is 0 Å². The van der Waals surface area contributed by atoms with Crippen molar-refractivity contribution in [3.8, 4) is 0 Å². The zero-order valence-corrected chi connectivity index (χ0v) is 12.7. The molecule has 0 aliphatic carbocycles. The van der Waals surface area contributed by atoms with E-state index in [1.807, 2.05) is 0 Å². The fourth-order valence-electron chi connectivity index (χ4n) is 2.34. The maximum Gasteiger partial charge on any atom is 0.340 e. The molecule has 2 aromatic rings. The van der Waals surface area contributed by atoms with Crippen LogP contribution in [0.4, 0.5) is 10.8 Å². The van der Waals surface area contributed by atoms with Crippen LogP contribution in [0.5, 0.6) is 0 Å². The topological polar surface area (TPSA) is 84.4 Å². The van der Waals surface area contributed by atoms with Gasteiger partial charge in [0.25, 0.3) is 0 Å². The average molecular weight is 318 g/mol. The van der Waals surface area contributed by atoms with Gasteiger partial charge in [0.05, 0.1) is 18.9 Å². The highest BCUT2D eigenvalue weighted by Crippen LogP contribution is 2.32. The molecule has 22 heavy (non-hydrogen) atoms. The summed E-state index contributed by atoms with van der Waals surface area (Å²) in [7, 11) is 1.33. The molecule has 1 aliphatic heterocycles. The number of thiophene rings is 1. The predicted molar refractivity (Wildman–Crippen MR) is 82.1 cm³/mol. The number of anilines is 2. The van der Waals surface area contributed by atoms with Crippen LogP contribution >= 0.6 is 11.3 Å². The molecule has 0 bridgehead atoms. The molecule has 8 heteroatoms. The highest BCUT2D eigenvalue weighted by molar-refractivity contribution is 7.14. The van der Waals surface area contributed by atoms with Crippen molar-refractivity contribution in [2.45, 2.75) is 12.5 Å². The van der Waals surface area contributed by atoms with Crippen molar-refractivity contribution < 1.29 is 14.3 Å². The molecule has 1 unspecified atom stereocenters. The van der Waals surface area contributed by atoms with Crippen LogP contribution < -0.4 is 10.2 Å². The van der Waals surface area contributed by atoms with E-state index in [4.69, 9.17) is 4.74 Å². The molecule has 7 nitrogen and oxygen atoms in total. The molecule has 3 heterocycles. The quantitative estimate of drug-likeness (QED) is 0.861. The Kier molecular flexibility index (Phi) is 4.01. The number of rotatable bonds is 4. The third kappa shape index (κ3) is 2.64. The summed E-state index contributed by atoms with van der Waals surface area (Å²) in [5, 5.41) is 5.47. The van der Waals surface area contributed by atoms with Crippen molar-refractivity contribution in [3.63, 3.8) is 0 Å². The molecule has 1 atom stereocenters. The second-order valence-electron chi connectivity index (χ2n) is 4.70. The Morgan fingerprint density at radius 2 is 2.36 bits per heavy atom. The maximum absolute atomic E-state index is 12.5. The second kappa shape index (κ2) is 6.10. The summed E-state index contributed by atoms with van der Waals surface area (Å²) in [5.41, 5.74) is 0.418. The second-order valence-corrected chi connectivity index (χ2v) is 5.59. The molecule has 1 amide bonds. The van der Waals surface area contributed by atoms with Crippen LogP contribution in [0.25, 0.3) is 0 Å². The summed E-state index contributed by atoms with van der Waals surface area (Å²) < 4.78 is 4.75. The SMILES string of the molecule is COC(=O)c1ccsc1N1CCC(Nc2cnccn2)C1=O. The lowest BCUT2D eigenvalue weighted by atomic mass is 10.2. The molecule has 3 rings (SSSR count). The number of methoxy groups -OCH3 is 1. The van der Waals surface area contributed by atoms with Crippen LogP contribution in [-0.2, 0) is 9.53 Å². The summed E-state index contributed by atoms with van der Waals surface area (Å²) in [6.45, 7) is 0.543. The van der Waals surface area contributed by atoms with Crippen molar-refractivity contribution in [3.05, 3.63) is 35.6 Å². The van der Waals surface area contributed by atoms with E-state index in [-0.39, 0.29) is 11.9 Å². The van der Waals surface area contributed by atoms with Crippen LogP contribution in [0.1, 0.15) is 16.8 Å². The Morgan fingerprint density at radius 1 is 1.50 bits per heavy atom. The first-order chi connectivity index (χ1) is 10.7. The van der Waals surface area contributed by atoms with Gasteiger partial charge in [-0.15, -0.1) is 11.3 Å². The van der Waals surface area contributed by atoms with Crippen molar-refractivity contribution in [2.75, 3.05) is 23.9 Å². The number of nitrogens with zero attached hydrogens (tertiary/aromatic N) is 3. The third-order valence-corrected chi connectivity index (χ3v) is 4.32. The molecule has 2 aromatic heterocycles. The van der Waals surface area contributed by atoms with Gasteiger partial charge in [0.1, 0.15) is 16.9 Å². The Balaban J connectivity index is 1.77. The van der Waals surface area contributed by atoms with Gasteiger partial charge in [-0.2, -0.15) is 0 Å². The Labute approximate surface area is 130 Å². The van der Waals surface area contributed by atoms with Gasteiger partial charge >= 0.3 is 5.97 Å². The average Bonchev–Trinajstić information content (AvgIpc) is 3.15. The van der Waals surface area contributed by atoms with Crippen LogP contribution in [0.15, 0.2) is 30.0 Å². The third-order valence-electron chi connectivity index (χ3n) is 3.39. The summed E-state index contributed by atoms with van der Waals surface area (Å²) >= 11 is 1.35.